The van der Waals surface area contributed by atoms with Crippen molar-refractivity contribution in [3.05, 3.63) is 0 Å². The van der Waals surface area contributed by atoms with Crippen molar-refractivity contribution in [3.8, 4) is 0 Å². The topological polar surface area (TPSA) is 52.6 Å². The number of ether oxygens (including phenoxy) is 1. The minimum absolute atomic E-state index is 0.564. The third-order valence-corrected chi connectivity index (χ3v) is 4.78. The lowest BCUT2D eigenvalue weighted by atomic mass is 10.0. The molecule has 0 rings (SSSR count). The van der Waals surface area contributed by atoms with E-state index in [0.29, 0.717) is 6.61 Å². The summed E-state index contributed by atoms with van der Waals surface area (Å²) in [4.78, 5) is 0. The predicted octanol–water partition coefficient (Wildman–Crippen LogP) is 5.81. The number of rotatable bonds is 18. The standard InChI is InChI=1S/C19H40O4S/c1-4-5-6-7-8-9-10-11-12-13-14-15-16-17-18-22-19(2)23-24(3,20)21/h19H,4-18H2,1-3H3. The largest absolute Gasteiger partial charge is 0.352 e. The lowest BCUT2D eigenvalue weighted by molar-refractivity contribution is -0.0632. The Morgan fingerprint density at radius 3 is 1.46 bits per heavy atom. The highest BCUT2D eigenvalue weighted by Gasteiger charge is 2.09. The first-order chi connectivity index (χ1) is 11.5. The zero-order chi connectivity index (χ0) is 18.1. The van der Waals surface area contributed by atoms with Gasteiger partial charge in [-0.1, -0.05) is 90.4 Å². The van der Waals surface area contributed by atoms with Gasteiger partial charge in [0.25, 0.3) is 10.1 Å². The van der Waals surface area contributed by atoms with Crippen molar-refractivity contribution in [1.29, 1.82) is 0 Å². The maximum absolute atomic E-state index is 10.9. The third kappa shape index (κ3) is 19.9. The van der Waals surface area contributed by atoms with Crippen LogP contribution in [0, 0.1) is 0 Å². The van der Waals surface area contributed by atoms with Crippen LogP contribution in [0.2, 0.25) is 0 Å². The van der Waals surface area contributed by atoms with Crippen LogP contribution in [0.15, 0.2) is 0 Å². The number of hydrogen-bond donors (Lipinski definition) is 0. The van der Waals surface area contributed by atoms with Crippen LogP contribution < -0.4 is 0 Å². The zero-order valence-electron chi connectivity index (χ0n) is 16.2. The Morgan fingerprint density at radius 2 is 1.08 bits per heavy atom. The Labute approximate surface area is 150 Å². The molecule has 0 saturated heterocycles. The van der Waals surface area contributed by atoms with Crippen LogP contribution in [0.3, 0.4) is 0 Å². The monoisotopic (exact) mass is 364 g/mol. The summed E-state index contributed by atoms with van der Waals surface area (Å²) >= 11 is 0. The molecule has 0 amide bonds. The second-order valence-electron chi connectivity index (χ2n) is 6.83. The Morgan fingerprint density at radius 1 is 0.708 bits per heavy atom. The molecule has 0 spiro atoms. The van der Waals surface area contributed by atoms with Gasteiger partial charge in [0, 0.05) is 6.61 Å². The molecule has 0 aromatic heterocycles. The van der Waals surface area contributed by atoms with Gasteiger partial charge in [-0.05, 0) is 13.3 Å². The van der Waals surface area contributed by atoms with E-state index in [-0.39, 0.29) is 0 Å². The van der Waals surface area contributed by atoms with Gasteiger partial charge in [0.1, 0.15) is 0 Å². The fourth-order valence-electron chi connectivity index (χ4n) is 2.82. The molecular formula is C19H40O4S. The van der Waals surface area contributed by atoms with Gasteiger partial charge in [-0.3, -0.25) is 0 Å². The molecule has 0 aromatic carbocycles. The van der Waals surface area contributed by atoms with Crippen LogP contribution in [0.4, 0.5) is 0 Å². The molecule has 1 unspecified atom stereocenters. The summed E-state index contributed by atoms with van der Waals surface area (Å²) in [5, 5.41) is 0. The van der Waals surface area contributed by atoms with Gasteiger partial charge in [-0.15, -0.1) is 0 Å². The molecule has 1 atom stereocenters. The van der Waals surface area contributed by atoms with E-state index in [1.165, 1.54) is 77.0 Å². The van der Waals surface area contributed by atoms with Crippen LogP contribution in [-0.4, -0.2) is 27.6 Å². The highest BCUT2D eigenvalue weighted by molar-refractivity contribution is 7.86. The fourth-order valence-corrected chi connectivity index (χ4v) is 3.37. The molecule has 0 fully saturated rings. The van der Waals surface area contributed by atoms with Crippen molar-refractivity contribution >= 4 is 10.1 Å². The normalized spacial score (nSPS) is 13.3. The van der Waals surface area contributed by atoms with E-state index in [2.05, 4.69) is 6.92 Å². The summed E-state index contributed by atoms with van der Waals surface area (Å²) in [6, 6.07) is 0. The average Bonchev–Trinajstić information content (AvgIpc) is 2.49. The molecule has 0 heterocycles. The highest BCUT2D eigenvalue weighted by atomic mass is 32.2. The van der Waals surface area contributed by atoms with Gasteiger partial charge in [0.2, 0.25) is 0 Å². The second kappa shape index (κ2) is 16.3. The molecular weight excluding hydrogens is 324 g/mol. The van der Waals surface area contributed by atoms with E-state index in [1.807, 2.05) is 0 Å². The zero-order valence-corrected chi connectivity index (χ0v) is 17.0. The van der Waals surface area contributed by atoms with Crippen molar-refractivity contribution < 1.29 is 17.3 Å². The summed E-state index contributed by atoms with van der Waals surface area (Å²) in [5.74, 6) is 0. The van der Waals surface area contributed by atoms with Crippen LogP contribution in [0.5, 0.6) is 0 Å². The van der Waals surface area contributed by atoms with Gasteiger partial charge in [0.15, 0.2) is 6.29 Å². The van der Waals surface area contributed by atoms with Crippen molar-refractivity contribution in [1.82, 2.24) is 0 Å². The van der Waals surface area contributed by atoms with Gasteiger partial charge < -0.3 is 4.74 Å². The smallest absolute Gasteiger partial charge is 0.266 e. The highest BCUT2D eigenvalue weighted by Crippen LogP contribution is 2.13. The summed E-state index contributed by atoms with van der Waals surface area (Å²) in [5.41, 5.74) is 0. The summed E-state index contributed by atoms with van der Waals surface area (Å²) in [6.07, 6.45) is 18.9. The number of unbranched alkanes of at least 4 members (excludes halogenated alkanes) is 13. The lowest BCUT2D eigenvalue weighted by Gasteiger charge is -2.11. The Balaban J connectivity index is 3.15. The van der Waals surface area contributed by atoms with Crippen molar-refractivity contribution in [3.63, 3.8) is 0 Å². The van der Waals surface area contributed by atoms with Crippen LogP contribution >= 0.6 is 0 Å². The van der Waals surface area contributed by atoms with E-state index in [1.54, 1.807) is 6.92 Å². The molecule has 24 heavy (non-hydrogen) atoms. The third-order valence-electron chi connectivity index (χ3n) is 4.16. The van der Waals surface area contributed by atoms with Crippen molar-refractivity contribution in [2.45, 2.75) is 110 Å². The molecule has 0 bridgehead atoms. The minimum Gasteiger partial charge on any atom is -0.352 e. The first-order valence-electron chi connectivity index (χ1n) is 9.95. The van der Waals surface area contributed by atoms with Gasteiger partial charge in [-0.2, -0.15) is 8.42 Å². The minimum atomic E-state index is -3.42. The van der Waals surface area contributed by atoms with Crippen molar-refractivity contribution in [2.24, 2.45) is 0 Å². The molecule has 0 aromatic rings. The first kappa shape index (κ1) is 23.9. The van der Waals surface area contributed by atoms with E-state index >= 15 is 0 Å². The fraction of sp³-hybridized carbons (Fsp3) is 1.00. The molecule has 0 aliphatic heterocycles. The molecule has 0 radical (unpaired) electrons. The molecule has 0 saturated carbocycles. The Kier molecular flexibility index (Phi) is 16.3. The van der Waals surface area contributed by atoms with E-state index in [0.717, 1.165) is 19.1 Å². The molecule has 0 aliphatic rings. The molecule has 4 nitrogen and oxygen atoms in total. The van der Waals surface area contributed by atoms with Crippen molar-refractivity contribution in [2.75, 3.05) is 12.9 Å². The van der Waals surface area contributed by atoms with Gasteiger partial charge in [0.05, 0.1) is 6.26 Å². The average molecular weight is 365 g/mol. The first-order valence-corrected chi connectivity index (χ1v) is 11.8. The molecule has 5 heteroatoms. The quantitative estimate of drug-likeness (QED) is 0.175. The van der Waals surface area contributed by atoms with Crippen LogP contribution in [0.25, 0.3) is 0 Å². The SMILES string of the molecule is CCCCCCCCCCCCCCCCOC(C)OS(C)(=O)=O. The van der Waals surface area contributed by atoms with Crippen LogP contribution in [-0.2, 0) is 19.0 Å². The molecule has 0 N–H and O–H groups in total. The van der Waals surface area contributed by atoms with E-state index < -0.39 is 16.4 Å². The maximum atomic E-state index is 10.9. The van der Waals surface area contributed by atoms with E-state index in [9.17, 15) is 8.42 Å². The maximum Gasteiger partial charge on any atom is 0.266 e. The summed E-state index contributed by atoms with van der Waals surface area (Å²) in [6.45, 7) is 4.45. The molecule has 0 aliphatic carbocycles. The van der Waals surface area contributed by atoms with Crippen LogP contribution in [0.1, 0.15) is 104 Å². The Bertz CT molecular complexity index is 354. The van der Waals surface area contributed by atoms with Gasteiger partial charge in [-0.25, -0.2) is 4.18 Å². The lowest BCUT2D eigenvalue weighted by Crippen LogP contribution is -2.17. The summed E-state index contributed by atoms with van der Waals surface area (Å²) in [7, 11) is -3.42. The predicted molar refractivity (Wildman–Crippen MR) is 102 cm³/mol. The number of hydrogen-bond acceptors (Lipinski definition) is 4. The van der Waals surface area contributed by atoms with Gasteiger partial charge >= 0.3 is 0 Å². The molecule has 146 valence electrons. The van der Waals surface area contributed by atoms with E-state index in [4.69, 9.17) is 8.92 Å². The Hall–Kier alpha value is -0.130. The second-order valence-corrected chi connectivity index (χ2v) is 8.44. The summed E-state index contributed by atoms with van der Waals surface area (Å²) < 4.78 is 31.8.